The molecule has 0 N–H and O–H groups in total. The fourth-order valence-electron chi connectivity index (χ4n) is 1.47. The molecule has 0 bridgehead atoms. The molecule has 3 nitrogen and oxygen atoms in total. The van der Waals surface area contributed by atoms with Crippen molar-refractivity contribution in [3.8, 4) is 0 Å². The first-order valence-electron chi connectivity index (χ1n) is 5.41. The zero-order valence-corrected chi connectivity index (χ0v) is 11.2. The number of nitrogens with zero attached hydrogens (tertiary/aromatic N) is 3. The van der Waals surface area contributed by atoms with E-state index in [-0.39, 0.29) is 0 Å². The van der Waals surface area contributed by atoms with Crippen molar-refractivity contribution in [2.24, 2.45) is 0 Å². The predicted molar refractivity (Wildman–Crippen MR) is 72.9 cm³/mol. The van der Waals surface area contributed by atoms with Gasteiger partial charge in [0.1, 0.15) is 0 Å². The highest BCUT2D eigenvalue weighted by Gasteiger charge is 2.04. The molecule has 5 heteroatoms. The molecule has 0 saturated carbocycles. The molecule has 0 aromatic carbocycles. The number of anilines is 1. The summed E-state index contributed by atoms with van der Waals surface area (Å²) >= 11 is 7.46. The number of aromatic nitrogens is 2. The molecule has 0 fully saturated rings. The number of rotatable bonds is 5. The SMILES string of the molecule is CN(CCc1cccs1)c1ccc(CCl)nn1. The highest BCUT2D eigenvalue weighted by atomic mass is 35.5. The number of hydrogen-bond donors (Lipinski definition) is 0. The summed E-state index contributed by atoms with van der Waals surface area (Å²) in [5.41, 5.74) is 0.807. The molecule has 2 rings (SSSR count). The number of thiophene rings is 1. The lowest BCUT2D eigenvalue weighted by Crippen LogP contribution is -2.21. The molecule has 0 radical (unpaired) electrons. The van der Waals surface area contributed by atoms with Crippen molar-refractivity contribution < 1.29 is 0 Å². The molecule has 2 aromatic heterocycles. The second-order valence-corrected chi connectivity index (χ2v) is 5.07. The van der Waals surface area contributed by atoms with Gasteiger partial charge in [-0.2, -0.15) is 5.10 Å². The topological polar surface area (TPSA) is 29.0 Å². The Labute approximate surface area is 110 Å². The minimum atomic E-state index is 0.409. The summed E-state index contributed by atoms with van der Waals surface area (Å²) in [5.74, 6) is 1.29. The van der Waals surface area contributed by atoms with Crippen LogP contribution >= 0.6 is 22.9 Å². The summed E-state index contributed by atoms with van der Waals surface area (Å²) in [5, 5.41) is 10.3. The van der Waals surface area contributed by atoms with Gasteiger partial charge in [0.05, 0.1) is 11.6 Å². The van der Waals surface area contributed by atoms with Crippen LogP contribution in [-0.2, 0) is 12.3 Å². The molecular weight excluding hydrogens is 254 g/mol. The lowest BCUT2D eigenvalue weighted by Gasteiger charge is -2.16. The minimum absolute atomic E-state index is 0.409. The summed E-state index contributed by atoms with van der Waals surface area (Å²) < 4.78 is 0. The zero-order valence-electron chi connectivity index (χ0n) is 9.64. The van der Waals surface area contributed by atoms with E-state index < -0.39 is 0 Å². The van der Waals surface area contributed by atoms with Crippen LogP contribution in [0.25, 0.3) is 0 Å². The van der Waals surface area contributed by atoms with Gasteiger partial charge in [0.2, 0.25) is 0 Å². The van der Waals surface area contributed by atoms with Gasteiger partial charge in [-0.15, -0.1) is 28.0 Å². The van der Waals surface area contributed by atoms with Gasteiger partial charge >= 0.3 is 0 Å². The summed E-state index contributed by atoms with van der Waals surface area (Å²) in [6.07, 6.45) is 1.03. The number of alkyl halides is 1. The monoisotopic (exact) mass is 267 g/mol. The van der Waals surface area contributed by atoms with Crippen molar-refractivity contribution in [3.63, 3.8) is 0 Å². The van der Waals surface area contributed by atoms with Crippen LogP contribution in [0.2, 0.25) is 0 Å². The van der Waals surface area contributed by atoms with E-state index in [9.17, 15) is 0 Å². The molecule has 0 aliphatic rings. The first-order chi connectivity index (χ1) is 8.29. The van der Waals surface area contributed by atoms with Crippen molar-refractivity contribution >= 4 is 28.8 Å². The fraction of sp³-hybridized carbons (Fsp3) is 0.333. The minimum Gasteiger partial charge on any atom is -0.358 e. The molecule has 17 heavy (non-hydrogen) atoms. The van der Waals surface area contributed by atoms with Gasteiger partial charge in [0.25, 0.3) is 0 Å². The Hall–Kier alpha value is -1.13. The quantitative estimate of drug-likeness (QED) is 0.780. The van der Waals surface area contributed by atoms with Gasteiger partial charge in [-0.1, -0.05) is 6.07 Å². The Kier molecular flexibility index (Phi) is 4.34. The molecule has 0 aliphatic carbocycles. The number of hydrogen-bond acceptors (Lipinski definition) is 4. The Morgan fingerprint density at radius 2 is 2.18 bits per heavy atom. The third kappa shape index (κ3) is 3.41. The zero-order chi connectivity index (χ0) is 12.1. The predicted octanol–water partition coefficient (Wildman–Crippen LogP) is 2.96. The van der Waals surface area contributed by atoms with Crippen LogP contribution in [0.3, 0.4) is 0 Å². The van der Waals surface area contributed by atoms with Crippen molar-refractivity contribution in [1.82, 2.24) is 10.2 Å². The van der Waals surface area contributed by atoms with E-state index in [0.717, 1.165) is 24.5 Å². The lowest BCUT2D eigenvalue weighted by molar-refractivity contribution is 0.838. The Morgan fingerprint density at radius 1 is 1.29 bits per heavy atom. The van der Waals surface area contributed by atoms with Crippen molar-refractivity contribution in [1.29, 1.82) is 0 Å². The molecule has 0 atom stereocenters. The van der Waals surface area contributed by atoms with Crippen molar-refractivity contribution in [2.75, 3.05) is 18.5 Å². The first kappa shape index (κ1) is 12.3. The Balaban J connectivity index is 1.92. The normalized spacial score (nSPS) is 10.5. The van der Waals surface area contributed by atoms with Crippen LogP contribution in [0.15, 0.2) is 29.6 Å². The highest BCUT2D eigenvalue weighted by molar-refractivity contribution is 7.09. The molecule has 2 heterocycles. The van der Waals surface area contributed by atoms with Crippen LogP contribution in [-0.4, -0.2) is 23.8 Å². The van der Waals surface area contributed by atoms with Gasteiger partial charge in [-0.25, -0.2) is 0 Å². The Morgan fingerprint density at radius 3 is 2.76 bits per heavy atom. The van der Waals surface area contributed by atoms with Gasteiger partial charge in [-0.05, 0) is 30.0 Å². The van der Waals surface area contributed by atoms with E-state index in [4.69, 9.17) is 11.6 Å². The van der Waals surface area contributed by atoms with Gasteiger partial charge in [0.15, 0.2) is 5.82 Å². The van der Waals surface area contributed by atoms with Crippen molar-refractivity contribution in [3.05, 3.63) is 40.2 Å². The Bertz CT molecular complexity index is 441. The molecule has 2 aromatic rings. The maximum absolute atomic E-state index is 5.67. The summed E-state index contributed by atoms with van der Waals surface area (Å²) in [6, 6.07) is 8.10. The standard InChI is InChI=1S/C12H14ClN3S/c1-16(7-6-11-3-2-8-17-11)12-5-4-10(9-13)14-15-12/h2-5,8H,6-7,9H2,1H3. The second-order valence-electron chi connectivity index (χ2n) is 3.77. The van der Waals surface area contributed by atoms with Crippen LogP contribution in [0.5, 0.6) is 0 Å². The molecule has 0 amide bonds. The van der Waals surface area contributed by atoms with E-state index in [1.54, 1.807) is 11.3 Å². The number of halogens is 1. The van der Waals surface area contributed by atoms with E-state index in [1.165, 1.54) is 4.88 Å². The van der Waals surface area contributed by atoms with Crippen LogP contribution < -0.4 is 4.90 Å². The van der Waals surface area contributed by atoms with Crippen molar-refractivity contribution in [2.45, 2.75) is 12.3 Å². The molecule has 90 valence electrons. The van der Waals surface area contributed by atoms with Gasteiger partial charge in [-0.3, -0.25) is 0 Å². The lowest BCUT2D eigenvalue weighted by atomic mass is 10.3. The fourth-order valence-corrected chi connectivity index (χ4v) is 2.32. The first-order valence-corrected chi connectivity index (χ1v) is 6.83. The summed E-state index contributed by atoms with van der Waals surface area (Å²) in [4.78, 5) is 3.49. The van der Waals surface area contributed by atoms with Crippen LogP contribution in [0, 0.1) is 0 Å². The van der Waals surface area contributed by atoms with Gasteiger partial charge in [0, 0.05) is 18.5 Å². The maximum Gasteiger partial charge on any atom is 0.150 e. The smallest absolute Gasteiger partial charge is 0.150 e. The molecule has 0 unspecified atom stereocenters. The van der Waals surface area contributed by atoms with Crippen LogP contribution in [0.4, 0.5) is 5.82 Å². The maximum atomic E-state index is 5.67. The molecular formula is C12H14ClN3S. The highest BCUT2D eigenvalue weighted by Crippen LogP contribution is 2.12. The average molecular weight is 268 g/mol. The van der Waals surface area contributed by atoms with Gasteiger partial charge < -0.3 is 4.90 Å². The molecule has 0 spiro atoms. The third-order valence-electron chi connectivity index (χ3n) is 2.51. The molecule has 0 saturated heterocycles. The largest absolute Gasteiger partial charge is 0.358 e. The summed E-state index contributed by atoms with van der Waals surface area (Å²) in [6.45, 7) is 0.940. The number of likely N-dealkylation sites (N-methyl/N-ethyl adjacent to an activating group) is 1. The average Bonchev–Trinajstić information content (AvgIpc) is 2.89. The van der Waals surface area contributed by atoms with E-state index in [2.05, 4.69) is 32.6 Å². The summed E-state index contributed by atoms with van der Waals surface area (Å²) in [7, 11) is 2.03. The van der Waals surface area contributed by atoms with E-state index in [1.807, 2.05) is 19.2 Å². The third-order valence-corrected chi connectivity index (χ3v) is 3.72. The van der Waals surface area contributed by atoms with E-state index in [0.29, 0.717) is 5.88 Å². The molecule has 0 aliphatic heterocycles. The van der Waals surface area contributed by atoms with E-state index >= 15 is 0 Å². The second kappa shape index (κ2) is 5.98. The van der Waals surface area contributed by atoms with Crippen LogP contribution in [0.1, 0.15) is 10.6 Å².